The molecule has 0 aliphatic heterocycles. The minimum Gasteiger partial charge on any atom is -0.617 e. The van der Waals surface area contributed by atoms with Crippen LogP contribution in [0.1, 0.15) is 65.2 Å². The molecule has 0 radical (unpaired) electrons. The molecule has 5 rings (SSSR count). The van der Waals surface area contributed by atoms with Crippen LogP contribution >= 0.6 is 0 Å². The summed E-state index contributed by atoms with van der Waals surface area (Å²) in [7, 11) is 1.85. The maximum absolute atomic E-state index is 12.2. The first-order valence-electron chi connectivity index (χ1n) is 10.8. The van der Waals surface area contributed by atoms with Crippen molar-refractivity contribution in [1.29, 1.82) is 0 Å². The average molecular weight is 397 g/mol. The van der Waals surface area contributed by atoms with Gasteiger partial charge in [-0.3, -0.25) is 4.79 Å². The van der Waals surface area contributed by atoms with E-state index in [0.717, 1.165) is 37.9 Å². The number of aliphatic carboxylic acids is 1. The highest BCUT2D eigenvalue weighted by molar-refractivity contribution is 7.90. The zero-order chi connectivity index (χ0) is 19.6. The van der Waals surface area contributed by atoms with E-state index in [1.807, 2.05) is 20.3 Å². The molecule has 0 amide bonds. The van der Waals surface area contributed by atoms with Crippen LogP contribution in [-0.2, 0) is 20.7 Å². The van der Waals surface area contributed by atoms with Crippen LogP contribution in [-0.4, -0.2) is 40.9 Å². The van der Waals surface area contributed by atoms with Crippen LogP contribution in [0.3, 0.4) is 0 Å². The van der Waals surface area contributed by atoms with Gasteiger partial charge in [0.15, 0.2) is 0 Å². The molecule has 9 atom stereocenters. The highest BCUT2D eigenvalue weighted by Gasteiger charge is 2.69. The van der Waals surface area contributed by atoms with Crippen molar-refractivity contribution < 1.29 is 19.2 Å². The molecule has 4 nitrogen and oxygen atoms in total. The van der Waals surface area contributed by atoms with Gasteiger partial charge in [-0.1, -0.05) is 24.5 Å². The SMILES string of the molecule is CO[C@@H]1[C@@H](C[S+](C)[O-])[C@H]2CC[C@@]13CC[C@H]1[C@@](C)(CCC[C@@]1(C)C(=O)O)[C@@H]3C2. The molecule has 5 fully saturated rings. The second kappa shape index (κ2) is 6.63. The van der Waals surface area contributed by atoms with Crippen molar-refractivity contribution in [3.63, 3.8) is 0 Å². The first-order chi connectivity index (χ1) is 12.7. The summed E-state index contributed by atoms with van der Waals surface area (Å²) in [5.74, 6) is 1.96. The van der Waals surface area contributed by atoms with Gasteiger partial charge in [0.25, 0.3) is 0 Å². The highest BCUT2D eigenvalue weighted by atomic mass is 32.2. The highest BCUT2D eigenvalue weighted by Crippen LogP contribution is 2.72. The molecule has 0 aromatic carbocycles. The molecule has 5 aliphatic rings. The Labute approximate surface area is 167 Å². The summed E-state index contributed by atoms with van der Waals surface area (Å²) in [4.78, 5) is 12.2. The second-order valence-electron chi connectivity index (χ2n) is 10.6. The molecule has 0 heterocycles. The lowest BCUT2D eigenvalue weighted by Gasteiger charge is -2.70. The van der Waals surface area contributed by atoms with Crippen molar-refractivity contribution in [3.05, 3.63) is 0 Å². The molecule has 5 aliphatic carbocycles. The average Bonchev–Trinajstić information content (AvgIpc) is 2.61. The number of carboxylic acid groups (broad SMARTS) is 1. The molecule has 27 heavy (non-hydrogen) atoms. The topological polar surface area (TPSA) is 69.6 Å². The van der Waals surface area contributed by atoms with Gasteiger partial charge in [-0.15, -0.1) is 0 Å². The fourth-order valence-corrected chi connectivity index (χ4v) is 9.59. The van der Waals surface area contributed by atoms with Crippen LogP contribution in [0.2, 0.25) is 0 Å². The van der Waals surface area contributed by atoms with Crippen molar-refractivity contribution in [2.45, 2.75) is 71.3 Å². The van der Waals surface area contributed by atoms with E-state index in [9.17, 15) is 14.5 Å². The minimum atomic E-state index is -0.797. The standard InChI is InChI=1S/C22H36O4S/c1-20-8-5-9-21(2,19(23)24)16(20)7-11-22-10-6-14(12-17(20)22)15(13-27(4)25)18(22)26-3/h14-18H,5-13H2,1-4H3,(H,23,24)/t14-,15-,16-,17-,18+,20+,21+,22-,27?/m0/s1. The molecule has 0 saturated heterocycles. The van der Waals surface area contributed by atoms with Gasteiger partial charge in [-0.05, 0) is 75.0 Å². The molecule has 0 aromatic heterocycles. The van der Waals surface area contributed by atoms with E-state index in [1.165, 1.54) is 19.3 Å². The Bertz CT molecular complexity index is 609. The van der Waals surface area contributed by atoms with Crippen LogP contribution in [0.4, 0.5) is 0 Å². The number of methoxy groups -OCH3 is 1. The predicted molar refractivity (Wildman–Crippen MR) is 107 cm³/mol. The van der Waals surface area contributed by atoms with Crippen LogP contribution in [0.5, 0.6) is 0 Å². The van der Waals surface area contributed by atoms with E-state index >= 15 is 0 Å². The van der Waals surface area contributed by atoms with Crippen molar-refractivity contribution in [3.8, 4) is 0 Å². The van der Waals surface area contributed by atoms with Crippen LogP contribution in [0.25, 0.3) is 0 Å². The third-order valence-electron chi connectivity index (χ3n) is 9.61. The van der Waals surface area contributed by atoms with Crippen LogP contribution in [0.15, 0.2) is 0 Å². The maximum Gasteiger partial charge on any atom is 0.309 e. The Morgan fingerprint density at radius 1 is 1.19 bits per heavy atom. The number of fused-ring (bicyclic) bond motifs is 3. The zero-order valence-electron chi connectivity index (χ0n) is 17.3. The summed E-state index contributed by atoms with van der Waals surface area (Å²) in [6.45, 7) is 4.41. The molecule has 1 N–H and O–H groups in total. The first-order valence-corrected chi connectivity index (χ1v) is 12.5. The minimum absolute atomic E-state index is 0.0927. The Balaban J connectivity index is 1.72. The zero-order valence-corrected chi connectivity index (χ0v) is 18.1. The molecular formula is C22H36O4S. The molecule has 5 heteroatoms. The predicted octanol–water partition coefficient (Wildman–Crippen LogP) is 4.10. The number of carboxylic acids is 1. The van der Waals surface area contributed by atoms with Gasteiger partial charge >= 0.3 is 5.97 Å². The van der Waals surface area contributed by atoms with Gasteiger partial charge in [0.1, 0.15) is 5.75 Å². The fraction of sp³-hybridized carbons (Fsp3) is 0.955. The van der Waals surface area contributed by atoms with Crippen molar-refractivity contribution in [1.82, 2.24) is 0 Å². The summed E-state index contributed by atoms with van der Waals surface area (Å²) >= 11 is -0.797. The maximum atomic E-state index is 12.2. The number of rotatable bonds is 4. The Kier molecular flexibility index (Phi) is 4.92. The van der Waals surface area contributed by atoms with E-state index in [-0.39, 0.29) is 22.9 Å². The summed E-state index contributed by atoms with van der Waals surface area (Å²) in [6, 6.07) is 0. The van der Waals surface area contributed by atoms with Gasteiger partial charge in [0, 0.05) is 18.4 Å². The third-order valence-corrected chi connectivity index (χ3v) is 10.5. The van der Waals surface area contributed by atoms with E-state index in [4.69, 9.17) is 4.74 Å². The molecule has 154 valence electrons. The van der Waals surface area contributed by atoms with E-state index in [2.05, 4.69) is 6.92 Å². The number of carbonyl (C=O) groups is 1. The largest absolute Gasteiger partial charge is 0.617 e. The number of hydrogen-bond donors (Lipinski definition) is 1. The van der Waals surface area contributed by atoms with Gasteiger partial charge < -0.3 is 14.4 Å². The lowest BCUT2D eigenvalue weighted by Crippen LogP contribution is -2.67. The number of hydrogen-bond acceptors (Lipinski definition) is 3. The summed E-state index contributed by atoms with van der Waals surface area (Å²) in [5.41, 5.74) is -0.330. The monoisotopic (exact) mass is 396 g/mol. The smallest absolute Gasteiger partial charge is 0.309 e. The van der Waals surface area contributed by atoms with E-state index in [1.54, 1.807) is 0 Å². The van der Waals surface area contributed by atoms with Gasteiger partial charge in [-0.2, -0.15) is 0 Å². The lowest BCUT2D eigenvalue weighted by molar-refractivity contribution is -0.247. The third kappa shape index (κ3) is 2.67. The van der Waals surface area contributed by atoms with Crippen molar-refractivity contribution >= 4 is 17.1 Å². The van der Waals surface area contributed by atoms with Gasteiger partial charge in [0.05, 0.1) is 17.8 Å². The molecule has 0 aromatic rings. The quantitative estimate of drug-likeness (QED) is 0.726. The molecule has 1 spiro atoms. The lowest BCUT2D eigenvalue weighted by atomic mass is 9.35. The van der Waals surface area contributed by atoms with E-state index < -0.39 is 22.6 Å². The molecule has 2 bridgehead atoms. The van der Waals surface area contributed by atoms with Gasteiger partial charge in [0.2, 0.25) is 0 Å². The summed E-state index contributed by atoms with van der Waals surface area (Å²) in [6.07, 6.45) is 10.7. The first kappa shape index (κ1) is 20.0. The van der Waals surface area contributed by atoms with Crippen LogP contribution in [0, 0.1) is 39.9 Å². The molecule has 5 saturated carbocycles. The Morgan fingerprint density at radius 3 is 2.52 bits per heavy atom. The number of ether oxygens (including phenoxy) is 1. The van der Waals surface area contributed by atoms with Gasteiger partial charge in [-0.25, -0.2) is 0 Å². The second-order valence-corrected chi connectivity index (χ2v) is 12.0. The molecule has 1 unspecified atom stereocenters. The Morgan fingerprint density at radius 2 is 1.89 bits per heavy atom. The Hall–Kier alpha value is -0.260. The van der Waals surface area contributed by atoms with Crippen molar-refractivity contribution in [2.24, 2.45) is 39.9 Å². The van der Waals surface area contributed by atoms with E-state index in [0.29, 0.717) is 17.8 Å². The fourth-order valence-electron chi connectivity index (χ4n) is 8.61. The normalized spacial score (nSPS) is 52.7. The molecular weight excluding hydrogens is 360 g/mol. The summed E-state index contributed by atoms with van der Waals surface area (Å²) in [5, 5.41) is 10.1. The van der Waals surface area contributed by atoms with Crippen LogP contribution < -0.4 is 0 Å². The van der Waals surface area contributed by atoms with Crippen molar-refractivity contribution in [2.75, 3.05) is 19.1 Å². The summed E-state index contributed by atoms with van der Waals surface area (Å²) < 4.78 is 18.2.